The van der Waals surface area contributed by atoms with Gasteiger partial charge in [-0.1, -0.05) is 158 Å². The van der Waals surface area contributed by atoms with Gasteiger partial charge < -0.3 is 4.57 Å². The highest BCUT2D eigenvalue weighted by atomic mass is 15.0. The number of rotatable bonds is 8. The highest BCUT2D eigenvalue weighted by molar-refractivity contribution is 6.23. The lowest BCUT2D eigenvalue weighted by Crippen LogP contribution is -2.01. The van der Waals surface area contributed by atoms with E-state index in [0.29, 0.717) is 6.54 Å². The molecule has 9 rings (SSSR count). The molecule has 4 nitrogen and oxygen atoms in total. The molecule has 0 saturated heterocycles. The minimum Gasteiger partial charge on any atom is -0.308 e. The summed E-state index contributed by atoms with van der Waals surface area (Å²) in [5, 5.41) is 5.78. The number of benzene rings is 7. The Labute approximate surface area is 302 Å². The predicted octanol–water partition coefficient (Wildman–Crippen LogP) is 11.9. The number of allylic oxidation sites excluding steroid dienone is 1. The number of para-hydroxylation sites is 2. The fraction of sp³-hybridized carbons (Fsp3) is 0.0208. The Balaban J connectivity index is 1.26. The molecule has 9 aromatic rings. The second kappa shape index (κ2) is 13.4. The van der Waals surface area contributed by atoms with Crippen LogP contribution in [0, 0.1) is 0 Å². The van der Waals surface area contributed by atoms with Crippen molar-refractivity contribution in [2.75, 3.05) is 0 Å². The van der Waals surface area contributed by atoms with Gasteiger partial charge >= 0.3 is 0 Å². The van der Waals surface area contributed by atoms with Gasteiger partial charge in [-0.15, -0.1) is 0 Å². The standard InChI is InChI=1S/C48H34N4/c1-49-42(33-17-5-2-6-18-33)31-43(34-19-7-3-8-20-34)50-32-36-29-30-45(38-24-12-11-23-37(36)38)52-44-28-16-14-26-40(44)46-47(35-21-9-4-10-22-35)51-41-27-15-13-25-39(41)48(46)52/h2-31H,1,32H2/b42-31-,50-43?. The maximum absolute atomic E-state index is 5.28. The van der Waals surface area contributed by atoms with E-state index in [1.807, 2.05) is 54.6 Å². The van der Waals surface area contributed by atoms with Gasteiger partial charge in [0.05, 0.1) is 45.9 Å². The Morgan fingerprint density at radius 2 is 1.17 bits per heavy atom. The fourth-order valence-corrected chi connectivity index (χ4v) is 7.37. The van der Waals surface area contributed by atoms with Gasteiger partial charge in [-0.05, 0) is 47.5 Å². The van der Waals surface area contributed by atoms with Crippen molar-refractivity contribution in [3.63, 3.8) is 0 Å². The van der Waals surface area contributed by atoms with Gasteiger partial charge in [0, 0.05) is 32.7 Å². The summed E-state index contributed by atoms with van der Waals surface area (Å²) in [6, 6.07) is 61.3. The smallest absolute Gasteiger partial charge is 0.0809 e. The molecule has 0 spiro atoms. The minimum absolute atomic E-state index is 0.499. The molecular weight excluding hydrogens is 633 g/mol. The van der Waals surface area contributed by atoms with E-state index in [1.54, 1.807) is 0 Å². The number of aromatic nitrogens is 2. The van der Waals surface area contributed by atoms with Crippen LogP contribution in [0.2, 0.25) is 0 Å². The third kappa shape index (κ3) is 5.47. The average Bonchev–Trinajstić information content (AvgIpc) is 3.57. The van der Waals surface area contributed by atoms with Crippen molar-refractivity contribution in [1.82, 2.24) is 9.55 Å². The van der Waals surface area contributed by atoms with Crippen LogP contribution in [0.1, 0.15) is 16.7 Å². The first kappa shape index (κ1) is 31.1. The predicted molar refractivity (Wildman–Crippen MR) is 220 cm³/mol. The topological polar surface area (TPSA) is 42.5 Å². The van der Waals surface area contributed by atoms with Crippen LogP contribution in [0.15, 0.2) is 192 Å². The van der Waals surface area contributed by atoms with Crippen molar-refractivity contribution in [3.8, 4) is 16.9 Å². The zero-order chi connectivity index (χ0) is 34.9. The summed E-state index contributed by atoms with van der Waals surface area (Å²) in [5.74, 6) is 0. The van der Waals surface area contributed by atoms with Crippen molar-refractivity contribution < 1.29 is 0 Å². The molecule has 0 bridgehead atoms. The molecule has 0 N–H and O–H groups in total. The van der Waals surface area contributed by atoms with Crippen LogP contribution in [0.5, 0.6) is 0 Å². The molecule has 0 amide bonds. The SMILES string of the molecule is C=N/C(=C\C(=NCc1ccc(-n2c3ccccc3c3c(-c4ccccc4)nc4ccccc4c32)c2ccccc12)c1ccccc1)c1ccccc1. The Morgan fingerprint density at radius 1 is 0.577 bits per heavy atom. The van der Waals surface area contributed by atoms with Crippen LogP contribution >= 0.6 is 0 Å². The molecule has 0 fully saturated rings. The summed E-state index contributed by atoms with van der Waals surface area (Å²) in [6.07, 6.45) is 2.04. The van der Waals surface area contributed by atoms with Crippen LogP contribution in [0.25, 0.3) is 66.1 Å². The molecule has 0 unspecified atom stereocenters. The molecular formula is C48H34N4. The Hall–Kier alpha value is -6.91. The van der Waals surface area contributed by atoms with Crippen LogP contribution < -0.4 is 0 Å². The van der Waals surface area contributed by atoms with Crippen LogP contribution in [0.3, 0.4) is 0 Å². The first-order chi connectivity index (χ1) is 25.8. The van der Waals surface area contributed by atoms with Gasteiger partial charge in [0.1, 0.15) is 0 Å². The van der Waals surface area contributed by atoms with E-state index >= 15 is 0 Å². The third-order valence-corrected chi connectivity index (χ3v) is 9.79. The molecule has 2 aromatic heterocycles. The van der Waals surface area contributed by atoms with Gasteiger partial charge in [0.25, 0.3) is 0 Å². The lowest BCUT2D eigenvalue weighted by Gasteiger charge is -2.16. The maximum atomic E-state index is 5.28. The number of hydrogen-bond donors (Lipinski definition) is 0. The zero-order valence-electron chi connectivity index (χ0n) is 28.5. The van der Waals surface area contributed by atoms with Crippen LogP contribution in [-0.2, 0) is 6.54 Å². The molecule has 4 heteroatoms. The molecule has 0 atom stereocenters. The monoisotopic (exact) mass is 666 g/mol. The van der Waals surface area contributed by atoms with E-state index in [-0.39, 0.29) is 0 Å². The third-order valence-electron chi connectivity index (χ3n) is 9.79. The lowest BCUT2D eigenvalue weighted by atomic mass is 10.0. The van der Waals surface area contributed by atoms with Gasteiger partial charge in [-0.2, -0.15) is 0 Å². The van der Waals surface area contributed by atoms with E-state index in [2.05, 4.69) is 144 Å². The molecule has 2 heterocycles. The average molecular weight is 667 g/mol. The van der Waals surface area contributed by atoms with E-state index in [9.17, 15) is 0 Å². The van der Waals surface area contributed by atoms with Gasteiger partial charge in [-0.25, -0.2) is 4.98 Å². The second-order valence-corrected chi connectivity index (χ2v) is 12.8. The summed E-state index contributed by atoms with van der Waals surface area (Å²) in [5.41, 5.74) is 11.3. The quantitative estimate of drug-likeness (QED) is 0.149. The molecule has 0 radical (unpaired) electrons. The Bertz CT molecular complexity index is 2810. The first-order valence-electron chi connectivity index (χ1n) is 17.5. The van der Waals surface area contributed by atoms with E-state index < -0.39 is 0 Å². The molecule has 0 aliphatic heterocycles. The van der Waals surface area contributed by atoms with Crippen molar-refractivity contribution in [2.24, 2.45) is 9.98 Å². The van der Waals surface area contributed by atoms with Crippen molar-refractivity contribution in [2.45, 2.75) is 6.54 Å². The normalized spacial score (nSPS) is 12.2. The Morgan fingerprint density at radius 3 is 1.90 bits per heavy atom. The highest BCUT2D eigenvalue weighted by Crippen LogP contribution is 2.42. The molecule has 0 aliphatic carbocycles. The van der Waals surface area contributed by atoms with Gasteiger partial charge in [0.2, 0.25) is 0 Å². The van der Waals surface area contributed by atoms with Crippen LogP contribution in [0.4, 0.5) is 0 Å². The van der Waals surface area contributed by atoms with E-state index in [0.717, 1.165) is 83.1 Å². The summed E-state index contributed by atoms with van der Waals surface area (Å²) in [7, 11) is 0. The highest BCUT2D eigenvalue weighted by Gasteiger charge is 2.21. The molecule has 7 aromatic carbocycles. The number of nitrogens with zero attached hydrogens (tertiary/aromatic N) is 4. The number of aliphatic imine (C=N–C) groups is 2. The Kier molecular flexibility index (Phi) is 8.03. The second-order valence-electron chi connectivity index (χ2n) is 12.8. The summed E-state index contributed by atoms with van der Waals surface area (Å²) >= 11 is 0. The number of pyridine rings is 1. The number of hydrogen-bond acceptors (Lipinski definition) is 3. The first-order valence-corrected chi connectivity index (χ1v) is 17.5. The zero-order valence-corrected chi connectivity index (χ0v) is 28.5. The summed E-state index contributed by atoms with van der Waals surface area (Å²) in [6.45, 7) is 4.38. The van der Waals surface area contributed by atoms with E-state index in [4.69, 9.17) is 9.98 Å². The molecule has 246 valence electrons. The molecule has 0 aliphatic rings. The van der Waals surface area contributed by atoms with Crippen molar-refractivity contribution >= 4 is 61.6 Å². The lowest BCUT2D eigenvalue weighted by molar-refractivity contribution is 1.08. The van der Waals surface area contributed by atoms with Crippen LogP contribution in [-0.4, -0.2) is 22.0 Å². The van der Waals surface area contributed by atoms with E-state index in [1.165, 1.54) is 5.39 Å². The van der Waals surface area contributed by atoms with Gasteiger partial charge in [0.15, 0.2) is 0 Å². The van der Waals surface area contributed by atoms with Gasteiger partial charge in [-0.3, -0.25) is 9.98 Å². The van der Waals surface area contributed by atoms with Crippen molar-refractivity contribution in [1.29, 1.82) is 0 Å². The van der Waals surface area contributed by atoms with Crippen molar-refractivity contribution in [3.05, 3.63) is 199 Å². The summed E-state index contributed by atoms with van der Waals surface area (Å²) < 4.78 is 2.44. The number of fused-ring (bicyclic) bond motifs is 6. The summed E-state index contributed by atoms with van der Waals surface area (Å²) in [4.78, 5) is 14.9. The molecule has 52 heavy (non-hydrogen) atoms. The maximum Gasteiger partial charge on any atom is 0.0809 e. The fourth-order valence-electron chi connectivity index (χ4n) is 7.37. The molecule has 0 saturated carbocycles. The largest absolute Gasteiger partial charge is 0.308 e. The minimum atomic E-state index is 0.499.